The van der Waals surface area contributed by atoms with Gasteiger partial charge in [-0.05, 0) is 43.0 Å². The highest BCUT2D eigenvalue weighted by atomic mass is 16.4. The molecule has 1 atom stereocenters. The molecule has 0 aromatic heterocycles. The number of imide groups is 1. The van der Waals surface area contributed by atoms with Crippen LogP contribution in [0.4, 0.5) is 15.3 Å². The molecule has 9 nitrogen and oxygen atoms in total. The number of aryl methyl sites for hydroxylation is 1. The highest BCUT2D eigenvalue weighted by molar-refractivity contribution is 6.00. The second-order valence-corrected chi connectivity index (χ2v) is 5.98. The Balaban J connectivity index is 2.33. The van der Waals surface area contributed by atoms with Crippen molar-refractivity contribution in [3.05, 3.63) is 29.3 Å². The number of rotatable bonds is 4. The minimum absolute atomic E-state index is 0.328. The lowest BCUT2D eigenvalue weighted by molar-refractivity contribution is -0.145. The van der Waals surface area contributed by atoms with E-state index in [0.29, 0.717) is 29.0 Å². The molecule has 1 aromatic rings. The van der Waals surface area contributed by atoms with E-state index in [2.05, 4.69) is 10.6 Å². The fraction of sp³-hybridized carbons (Fsp3) is 0.375. The van der Waals surface area contributed by atoms with E-state index in [9.17, 15) is 24.3 Å². The molecule has 2 rings (SSSR count). The van der Waals surface area contributed by atoms with Gasteiger partial charge in [-0.15, -0.1) is 0 Å². The summed E-state index contributed by atoms with van der Waals surface area (Å²) in [5.41, 5.74) is 0.867. The van der Waals surface area contributed by atoms with Crippen molar-refractivity contribution in [3.8, 4) is 0 Å². The normalized spacial score (nSPS) is 18.2. The molecule has 4 N–H and O–H groups in total. The molecule has 0 heterocycles. The maximum atomic E-state index is 12.7. The fourth-order valence-corrected chi connectivity index (χ4v) is 3.01. The minimum atomic E-state index is -1.60. The SMILES string of the molecule is CNC(=O)Nc1ccc2c(c1)CC[C@]2(C)C(=O)N(CC(=O)O)C(=O)O. The van der Waals surface area contributed by atoms with Crippen molar-refractivity contribution in [2.24, 2.45) is 0 Å². The summed E-state index contributed by atoms with van der Waals surface area (Å²) in [5, 5.41) is 23.1. The molecular weight excluding hydrogens is 330 g/mol. The largest absolute Gasteiger partial charge is 0.480 e. The van der Waals surface area contributed by atoms with Crippen LogP contribution in [0.2, 0.25) is 0 Å². The molecule has 1 aliphatic carbocycles. The summed E-state index contributed by atoms with van der Waals surface area (Å²) in [6.45, 7) is 0.695. The van der Waals surface area contributed by atoms with E-state index in [1.54, 1.807) is 25.1 Å². The number of carboxylic acid groups (broad SMARTS) is 2. The van der Waals surface area contributed by atoms with Gasteiger partial charge in [-0.3, -0.25) is 9.59 Å². The number of nitrogens with zero attached hydrogens (tertiary/aromatic N) is 1. The van der Waals surface area contributed by atoms with Gasteiger partial charge in [-0.1, -0.05) is 6.07 Å². The summed E-state index contributed by atoms with van der Waals surface area (Å²) >= 11 is 0. The van der Waals surface area contributed by atoms with Gasteiger partial charge in [0, 0.05) is 12.7 Å². The molecule has 0 saturated heterocycles. The number of nitrogens with one attached hydrogen (secondary N) is 2. The average molecular weight is 349 g/mol. The van der Waals surface area contributed by atoms with Crippen molar-refractivity contribution < 1.29 is 29.4 Å². The Labute approximate surface area is 143 Å². The van der Waals surface area contributed by atoms with Crippen LogP contribution in [0.15, 0.2) is 18.2 Å². The van der Waals surface area contributed by atoms with Gasteiger partial charge < -0.3 is 20.8 Å². The van der Waals surface area contributed by atoms with E-state index < -0.39 is 29.9 Å². The highest BCUT2D eigenvalue weighted by Crippen LogP contribution is 2.41. The third-order valence-electron chi connectivity index (χ3n) is 4.32. The summed E-state index contributed by atoms with van der Waals surface area (Å²) in [4.78, 5) is 46.6. The second-order valence-electron chi connectivity index (χ2n) is 5.98. The molecule has 0 unspecified atom stereocenters. The summed E-state index contributed by atoms with van der Waals surface area (Å²) in [7, 11) is 1.49. The Morgan fingerprint density at radius 2 is 1.92 bits per heavy atom. The molecular formula is C16H19N3O6. The van der Waals surface area contributed by atoms with Crippen molar-refractivity contribution in [3.63, 3.8) is 0 Å². The summed E-state index contributed by atoms with van der Waals surface area (Å²) in [6.07, 6.45) is -0.727. The van der Waals surface area contributed by atoms with Crippen LogP contribution in [-0.2, 0) is 21.4 Å². The van der Waals surface area contributed by atoms with Crippen LogP contribution in [0, 0.1) is 0 Å². The Morgan fingerprint density at radius 3 is 2.48 bits per heavy atom. The number of urea groups is 1. The second kappa shape index (κ2) is 6.80. The maximum absolute atomic E-state index is 12.7. The first kappa shape index (κ1) is 18.2. The van der Waals surface area contributed by atoms with Gasteiger partial charge in [-0.25, -0.2) is 14.5 Å². The summed E-state index contributed by atoms with van der Waals surface area (Å²) in [6, 6.07) is 4.63. The number of hydrogen-bond donors (Lipinski definition) is 4. The van der Waals surface area contributed by atoms with Crippen molar-refractivity contribution in [2.45, 2.75) is 25.2 Å². The minimum Gasteiger partial charge on any atom is -0.480 e. The van der Waals surface area contributed by atoms with Gasteiger partial charge in [-0.2, -0.15) is 0 Å². The number of carboxylic acids is 1. The van der Waals surface area contributed by atoms with Crippen LogP contribution < -0.4 is 10.6 Å². The molecule has 1 aliphatic rings. The number of benzene rings is 1. The summed E-state index contributed by atoms with van der Waals surface area (Å²) < 4.78 is 0. The van der Waals surface area contributed by atoms with Crippen LogP contribution in [0.25, 0.3) is 0 Å². The molecule has 0 aliphatic heterocycles. The van der Waals surface area contributed by atoms with Crippen LogP contribution >= 0.6 is 0 Å². The van der Waals surface area contributed by atoms with Crippen LogP contribution in [0.5, 0.6) is 0 Å². The molecule has 4 amide bonds. The number of amides is 4. The lowest BCUT2D eigenvalue weighted by Crippen LogP contribution is -2.48. The van der Waals surface area contributed by atoms with Gasteiger partial charge in [0.05, 0.1) is 5.41 Å². The molecule has 0 fully saturated rings. The van der Waals surface area contributed by atoms with Crippen LogP contribution in [-0.4, -0.2) is 52.7 Å². The molecule has 9 heteroatoms. The van der Waals surface area contributed by atoms with Crippen molar-refractivity contribution in [1.29, 1.82) is 0 Å². The number of carbonyl (C=O) groups is 4. The standard InChI is InChI=1S/C16H19N3O6/c1-16(13(22)19(15(24)25)8-12(20)21)6-5-9-7-10(3-4-11(9)16)18-14(23)17-2/h3-4,7H,5-6,8H2,1-2H3,(H,20,21)(H,24,25)(H2,17,18,23)/t16-/m0/s1. The van der Waals surface area contributed by atoms with Gasteiger partial charge in [0.15, 0.2) is 0 Å². The molecule has 0 bridgehead atoms. The topological polar surface area (TPSA) is 136 Å². The van der Waals surface area contributed by atoms with E-state index in [4.69, 9.17) is 5.11 Å². The molecule has 0 spiro atoms. The lowest BCUT2D eigenvalue weighted by Gasteiger charge is -2.28. The quantitative estimate of drug-likeness (QED) is 0.645. The zero-order chi connectivity index (χ0) is 18.8. The van der Waals surface area contributed by atoms with Gasteiger partial charge in [0.2, 0.25) is 5.91 Å². The zero-order valence-corrected chi connectivity index (χ0v) is 13.8. The fourth-order valence-electron chi connectivity index (χ4n) is 3.01. The van der Waals surface area contributed by atoms with Crippen LogP contribution in [0.1, 0.15) is 24.5 Å². The van der Waals surface area contributed by atoms with Crippen LogP contribution in [0.3, 0.4) is 0 Å². The maximum Gasteiger partial charge on any atom is 0.414 e. The number of anilines is 1. The predicted molar refractivity (Wildman–Crippen MR) is 87.6 cm³/mol. The first-order valence-electron chi connectivity index (χ1n) is 7.58. The first-order chi connectivity index (χ1) is 11.7. The molecule has 134 valence electrons. The zero-order valence-electron chi connectivity index (χ0n) is 13.8. The highest BCUT2D eigenvalue weighted by Gasteiger charge is 2.45. The Bertz CT molecular complexity index is 747. The van der Waals surface area contributed by atoms with E-state index >= 15 is 0 Å². The number of fused-ring (bicyclic) bond motifs is 1. The third-order valence-corrected chi connectivity index (χ3v) is 4.32. The number of carbonyl (C=O) groups excluding carboxylic acids is 2. The van der Waals surface area contributed by atoms with Gasteiger partial charge in [0.25, 0.3) is 0 Å². The molecule has 0 saturated carbocycles. The Kier molecular flexibility index (Phi) is 4.96. The molecule has 0 radical (unpaired) electrons. The third kappa shape index (κ3) is 3.54. The Hall–Kier alpha value is -3.10. The van der Waals surface area contributed by atoms with Gasteiger partial charge in [0.1, 0.15) is 6.54 Å². The number of hydrogen-bond acceptors (Lipinski definition) is 4. The monoisotopic (exact) mass is 349 g/mol. The van der Waals surface area contributed by atoms with Gasteiger partial charge >= 0.3 is 18.1 Å². The van der Waals surface area contributed by atoms with Crippen molar-refractivity contribution in [1.82, 2.24) is 10.2 Å². The Morgan fingerprint density at radius 1 is 1.24 bits per heavy atom. The van der Waals surface area contributed by atoms with E-state index in [1.165, 1.54) is 7.05 Å². The van der Waals surface area contributed by atoms with E-state index in [0.717, 1.165) is 5.56 Å². The van der Waals surface area contributed by atoms with E-state index in [1.807, 2.05) is 0 Å². The predicted octanol–water partition coefficient (Wildman–Crippen LogP) is 1.23. The molecule has 25 heavy (non-hydrogen) atoms. The van der Waals surface area contributed by atoms with E-state index in [-0.39, 0.29) is 6.03 Å². The summed E-state index contributed by atoms with van der Waals surface area (Å²) in [5.74, 6) is -2.17. The smallest absolute Gasteiger partial charge is 0.414 e. The lowest BCUT2D eigenvalue weighted by atomic mass is 9.82. The van der Waals surface area contributed by atoms with Crippen molar-refractivity contribution in [2.75, 3.05) is 18.9 Å². The van der Waals surface area contributed by atoms with Crippen molar-refractivity contribution >= 4 is 29.7 Å². The number of aliphatic carboxylic acids is 1. The first-order valence-corrected chi connectivity index (χ1v) is 7.58. The molecule has 1 aromatic carbocycles. The average Bonchev–Trinajstić information content (AvgIpc) is 2.89.